The summed E-state index contributed by atoms with van der Waals surface area (Å²) in [6.07, 6.45) is 0. The molecule has 0 radical (unpaired) electrons. The summed E-state index contributed by atoms with van der Waals surface area (Å²) in [4.78, 5) is 0.123. The van der Waals surface area contributed by atoms with Crippen molar-refractivity contribution in [1.82, 2.24) is 0 Å². The summed E-state index contributed by atoms with van der Waals surface area (Å²) in [6.45, 7) is 1.55. The lowest BCUT2D eigenvalue weighted by molar-refractivity contribution is 0.411. The van der Waals surface area contributed by atoms with Crippen LogP contribution in [0.25, 0.3) is 0 Å². The molecule has 7 heteroatoms. The maximum atomic E-state index is 11.8. The maximum Gasteiger partial charge on any atom is 0.178 e. The van der Waals surface area contributed by atoms with E-state index in [1.807, 2.05) is 0 Å². The van der Waals surface area contributed by atoms with Gasteiger partial charge in [-0.1, -0.05) is 30.1 Å². The molecular formula is C14H12Cl2O4S. The van der Waals surface area contributed by atoms with Crippen LogP contribution in [0, 0.1) is 0 Å². The van der Waals surface area contributed by atoms with Gasteiger partial charge in [-0.3, -0.25) is 0 Å². The lowest BCUT2D eigenvalue weighted by Crippen LogP contribution is -2.03. The number of halogens is 2. The second-order valence-electron chi connectivity index (χ2n) is 4.21. The lowest BCUT2D eigenvalue weighted by atomic mass is 10.3. The van der Waals surface area contributed by atoms with Gasteiger partial charge in [0.2, 0.25) is 0 Å². The molecule has 2 aromatic carbocycles. The van der Waals surface area contributed by atoms with Gasteiger partial charge in [0.1, 0.15) is 5.75 Å². The van der Waals surface area contributed by atoms with Gasteiger partial charge < -0.3 is 9.84 Å². The van der Waals surface area contributed by atoms with Gasteiger partial charge in [-0.15, -0.1) is 0 Å². The van der Waals surface area contributed by atoms with E-state index in [0.29, 0.717) is 5.02 Å². The summed E-state index contributed by atoms with van der Waals surface area (Å²) >= 11 is 11.9. The molecule has 0 bridgehead atoms. The quantitative estimate of drug-likeness (QED) is 0.896. The number of hydrogen-bond acceptors (Lipinski definition) is 4. The fourth-order valence-corrected chi connectivity index (χ4v) is 2.96. The smallest absolute Gasteiger partial charge is 0.178 e. The van der Waals surface area contributed by atoms with Crippen LogP contribution in [0.4, 0.5) is 0 Å². The van der Waals surface area contributed by atoms with E-state index in [-0.39, 0.29) is 32.9 Å². The van der Waals surface area contributed by atoms with Gasteiger partial charge in [0.05, 0.1) is 15.7 Å². The first kappa shape index (κ1) is 15.9. The number of rotatable bonds is 4. The third-order valence-electron chi connectivity index (χ3n) is 2.78. The molecule has 0 fully saturated rings. The summed E-state index contributed by atoms with van der Waals surface area (Å²) < 4.78 is 29.0. The minimum Gasteiger partial charge on any atom is -0.504 e. The Morgan fingerprint density at radius 1 is 1.10 bits per heavy atom. The van der Waals surface area contributed by atoms with E-state index in [0.717, 1.165) is 0 Å². The molecule has 0 aliphatic carbocycles. The van der Waals surface area contributed by atoms with Crippen LogP contribution in [-0.2, 0) is 9.84 Å². The number of benzene rings is 2. The van der Waals surface area contributed by atoms with Crippen LogP contribution in [0.3, 0.4) is 0 Å². The molecule has 0 saturated carbocycles. The molecule has 0 aliphatic heterocycles. The highest BCUT2D eigenvalue weighted by molar-refractivity contribution is 7.91. The van der Waals surface area contributed by atoms with Crippen molar-refractivity contribution in [2.45, 2.75) is 11.8 Å². The fourth-order valence-electron chi connectivity index (χ4n) is 1.61. The first-order valence-electron chi connectivity index (χ1n) is 6.02. The Hall–Kier alpha value is -1.43. The molecule has 2 rings (SSSR count). The molecule has 2 aromatic rings. The van der Waals surface area contributed by atoms with E-state index >= 15 is 0 Å². The van der Waals surface area contributed by atoms with Crippen molar-refractivity contribution >= 4 is 33.0 Å². The van der Waals surface area contributed by atoms with Crippen LogP contribution in [-0.4, -0.2) is 19.3 Å². The molecule has 0 saturated heterocycles. The van der Waals surface area contributed by atoms with E-state index < -0.39 is 9.84 Å². The zero-order chi connectivity index (χ0) is 15.6. The molecule has 4 nitrogen and oxygen atoms in total. The van der Waals surface area contributed by atoms with Crippen molar-refractivity contribution in [1.29, 1.82) is 0 Å². The Morgan fingerprint density at radius 2 is 1.81 bits per heavy atom. The molecule has 21 heavy (non-hydrogen) atoms. The number of ether oxygens (including phenoxy) is 1. The third kappa shape index (κ3) is 3.61. The van der Waals surface area contributed by atoms with Crippen LogP contribution in [0.15, 0.2) is 41.3 Å². The molecule has 0 unspecified atom stereocenters. The third-order valence-corrected chi connectivity index (χ3v) is 5.05. The largest absolute Gasteiger partial charge is 0.504 e. The normalized spacial score (nSPS) is 11.4. The van der Waals surface area contributed by atoms with Crippen molar-refractivity contribution in [3.63, 3.8) is 0 Å². The average molecular weight is 347 g/mol. The van der Waals surface area contributed by atoms with E-state index in [4.69, 9.17) is 27.9 Å². The van der Waals surface area contributed by atoms with Gasteiger partial charge in [0.25, 0.3) is 0 Å². The van der Waals surface area contributed by atoms with Gasteiger partial charge in [-0.05, 0) is 30.3 Å². The zero-order valence-corrected chi connectivity index (χ0v) is 13.3. The Morgan fingerprint density at radius 3 is 2.43 bits per heavy atom. The van der Waals surface area contributed by atoms with Crippen molar-refractivity contribution in [3.8, 4) is 17.2 Å². The minimum atomic E-state index is -3.34. The highest BCUT2D eigenvalue weighted by atomic mass is 35.5. The van der Waals surface area contributed by atoms with E-state index in [1.165, 1.54) is 36.4 Å². The van der Waals surface area contributed by atoms with Crippen LogP contribution in [0.2, 0.25) is 10.0 Å². The second kappa shape index (κ2) is 6.13. The maximum absolute atomic E-state index is 11.8. The minimum absolute atomic E-state index is 0.0153. The summed E-state index contributed by atoms with van der Waals surface area (Å²) in [5.41, 5.74) is 0. The molecule has 0 heterocycles. The molecule has 0 aliphatic rings. The summed E-state index contributed by atoms with van der Waals surface area (Å²) in [6, 6.07) is 8.50. The Labute approximate surface area is 132 Å². The monoisotopic (exact) mass is 346 g/mol. The lowest BCUT2D eigenvalue weighted by Gasteiger charge is -2.10. The molecule has 1 N–H and O–H groups in total. The predicted octanol–water partition coefficient (Wildman–Crippen LogP) is 4.28. The average Bonchev–Trinajstić information content (AvgIpc) is 2.44. The predicted molar refractivity (Wildman–Crippen MR) is 82.4 cm³/mol. The van der Waals surface area contributed by atoms with E-state index in [1.54, 1.807) is 6.92 Å². The van der Waals surface area contributed by atoms with Crippen molar-refractivity contribution < 1.29 is 18.3 Å². The standard InChI is InChI=1S/C14H12Cl2O4S/c1-2-21(18,19)10-4-6-13(11(16)8-10)20-14-7-9(15)3-5-12(14)17/h3-8,17H,2H2,1H3. The molecular weight excluding hydrogens is 335 g/mol. The van der Waals surface area contributed by atoms with Crippen molar-refractivity contribution in [2.24, 2.45) is 0 Å². The fraction of sp³-hybridized carbons (Fsp3) is 0.143. The van der Waals surface area contributed by atoms with Crippen LogP contribution in [0.5, 0.6) is 17.2 Å². The highest BCUT2D eigenvalue weighted by Gasteiger charge is 2.15. The molecule has 0 aromatic heterocycles. The van der Waals surface area contributed by atoms with Gasteiger partial charge >= 0.3 is 0 Å². The van der Waals surface area contributed by atoms with Crippen LogP contribution in [0.1, 0.15) is 6.92 Å². The Kier molecular flexibility index (Phi) is 4.66. The molecule has 0 amide bonds. The topological polar surface area (TPSA) is 63.6 Å². The highest BCUT2D eigenvalue weighted by Crippen LogP contribution is 2.36. The number of aromatic hydroxyl groups is 1. The van der Waals surface area contributed by atoms with Crippen LogP contribution >= 0.6 is 23.2 Å². The number of sulfone groups is 1. The van der Waals surface area contributed by atoms with Gasteiger partial charge in [0.15, 0.2) is 21.3 Å². The zero-order valence-electron chi connectivity index (χ0n) is 11.0. The van der Waals surface area contributed by atoms with Crippen molar-refractivity contribution in [2.75, 3.05) is 5.75 Å². The summed E-state index contributed by atoms with van der Waals surface area (Å²) in [7, 11) is -3.34. The number of phenolic OH excluding ortho intramolecular Hbond substituents is 1. The van der Waals surface area contributed by atoms with Gasteiger partial charge in [0, 0.05) is 11.1 Å². The molecule has 0 atom stereocenters. The van der Waals surface area contributed by atoms with Crippen molar-refractivity contribution in [3.05, 3.63) is 46.4 Å². The van der Waals surface area contributed by atoms with Gasteiger partial charge in [-0.25, -0.2) is 8.42 Å². The number of phenols is 1. The Balaban J connectivity index is 2.36. The molecule has 112 valence electrons. The van der Waals surface area contributed by atoms with E-state index in [2.05, 4.69) is 0 Å². The number of hydrogen-bond donors (Lipinski definition) is 1. The first-order valence-corrected chi connectivity index (χ1v) is 8.43. The molecule has 0 spiro atoms. The first-order chi connectivity index (χ1) is 9.83. The van der Waals surface area contributed by atoms with E-state index in [9.17, 15) is 13.5 Å². The summed E-state index contributed by atoms with van der Waals surface area (Å²) in [5.74, 6) is 0.249. The SMILES string of the molecule is CCS(=O)(=O)c1ccc(Oc2cc(Cl)ccc2O)c(Cl)c1. The van der Waals surface area contributed by atoms with Crippen LogP contribution < -0.4 is 4.74 Å². The second-order valence-corrected chi connectivity index (χ2v) is 7.33. The summed E-state index contributed by atoms with van der Waals surface area (Å²) in [5, 5.41) is 10.2. The Bertz CT molecular complexity index is 773. The van der Waals surface area contributed by atoms with Gasteiger partial charge in [-0.2, -0.15) is 0 Å².